The molecule has 0 aliphatic rings. The van der Waals surface area contributed by atoms with Gasteiger partial charge >= 0.3 is 5.51 Å². The number of rotatable bonds is 2. The molecule has 0 fully saturated rings. The summed E-state index contributed by atoms with van der Waals surface area (Å²) in [6, 6.07) is 3.42. The third-order valence-electron chi connectivity index (χ3n) is 1.44. The monoisotopic (exact) mass is 255 g/mol. The molecule has 1 rings (SSSR count). The summed E-state index contributed by atoms with van der Waals surface area (Å²) in [4.78, 5) is 10.5. The van der Waals surface area contributed by atoms with Crippen LogP contribution in [0.4, 0.5) is 13.2 Å². The normalized spacial score (nSPS) is 11.5. The third-order valence-corrected chi connectivity index (χ3v) is 2.67. The topological polar surface area (TPSA) is 43.1 Å². The van der Waals surface area contributed by atoms with E-state index in [0.29, 0.717) is 0 Å². The molecular formula is C8H5ClF3NOS. The molecule has 82 valence electrons. The van der Waals surface area contributed by atoms with Gasteiger partial charge in [-0.05, 0) is 30.0 Å². The summed E-state index contributed by atoms with van der Waals surface area (Å²) in [6.07, 6.45) is 0. The lowest BCUT2D eigenvalue weighted by Gasteiger charge is -2.07. The molecule has 0 spiro atoms. The van der Waals surface area contributed by atoms with Gasteiger partial charge in [0.15, 0.2) is 0 Å². The highest BCUT2D eigenvalue weighted by Crippen LogP contribution is 2.40. The van der Waals surface area contributed by atoms with Gasteiger partial charge < -0.3 is 5.73 Å². The van der Waals surface area contributed by atoms with Crippen molar-refractivity contribution in [3.8, 4) is 0 Å². The Balaban J connectivity index is 2.99. The molecule has 0 saturated heterocycles. The van der Waals surface area contributed by atoms with Crippen molar-refractivity contribution < 1.29 is 18.0 Å². The van der Waals surface area contributed by atoms with Crippen LogP contribution >= 0.6 is 23.4 Å². The number of carbonyl (C=O) groups is 1. The molecule has 2 N–H and O–H groups in total. The van der Waals surface area contributed by atoms with Gasteiger partial charge in [-0.1, -0.05) is 11.6 Å². The van der Waals surface area contributed by atoms with Gasteiger partial charge in [-0.2, -0.15) is 13.2 Å². The van der Waals surface area contributed by atoms with E-state index in [9.17, 15) is 18.0 Å². The Morgan fingerprint density at radius 1 is 1.40 bits per heavy atom. The molecule has 1 amide bonds. The number of carbonyl (C=O) groups excluding carboxylic acids is 1. The number of halogens is 4. The van der Waals surface area contributed by atoms with Crippen molar-refractivity contribution in [3.05, 3.63) is 28.8 Å². The van der Waals surface area contributed by atoms with Crippen LogP contribution in [0, 0.1) is 0 Å². The fourth-order valence-electron chi connectivity index (χ4n) is 0.862. The largest absolute Gasteiger partial charge is 0.446 e. The summed E-state index contributed by atoms with van der Waals surface area (Å²) in [5, 5.41) is -0.145. The van der Waals surface area contributed by atoms with Crippen molar-refractivity contribution in [3.63, 3.8) is 0 Å². The highest BCUT2D eigenvalue weighted by atomic mass is 35.5. The SMILES string of the molecule is NC(=O)c1ccc(SC(F)(F)F)c(Cl)c1. The first kappa shape index (κ1) is 12.2. The highest BCUT2D eigenvalue weighted by Gasteiger charge is 2.30. The number of nitrogens with two attached hydrogens (primary N) is 1. The van der Waals surface area contributed by atoms with Crippen molar-refractivity contribution in [2.24, 2.45) is 5.73 Å². The third kappa shape index (κ3) is 3.64. The van der Waals surface area contributed by atoms with Crippen molar-refractivity contribution >= 4 is 29.3 Å². The van der Waals surface area contributed by atoms with E-state index in [1.807, 2.05) is 0 Å². The lowest BCUT2D eigenvalue weighted by molar-refractivity contribution is -0.0328. The van der Waals surface area contributed by atoms with Crippen molar-refractivity contribution in [2.75, 3.05) is 0 Å². The molecule has 0 radical (unpaired) electrons. The number of primary amides is 1. The van der Waals surface area contributed by atoms with Crippen LogP contribution in [0.15, 0.2) is 23.1 Å². The number of alkyl halides is 3. The lowest BCUT2D eigenvalue weighted by atomic mass is 10.2. The maximum absolute atomic E-state index is 12.0. The smallest absolute Gasteiger partial charge is 0.366 e. The molecule has 7 heteroatoms. The standard InChI is InChI=1S/C8H5ClF3NOS/c9-5-3-4(7(13)14)1-2-6(5)15-8(10,11)12/h1-3H,(H2,13,14). The first-order valence-electron chi connectivity index (χ1n) is 3.65. The second-order valence-corrected chi connectivity index (χ2v) is 4.07. The Kier molecular flexibility index (Phi) is 3.51. The summed E-state index contributed by atoms with van der Waals surface area (Å²) in [7, 11) is 0. The number of amides is 1. The summed E-state index contributed by atoms with van der Waals surface area (Å²) < 4.78 is 36.0. The Bertz CT molecular complexity index is 394. The summed E-state index contributed by atoms with van der Waals surface area (Å²) in [5.41, 5.74) is 0.604. The Morgan fingerprint density at radius 3 is 2.40 bits per heavy atom. The van der Waals surface area contributed by atoms with Gasteiger partial charge in [-0.3, -0.25) is 4.79 Å². The summed E-state index contributed by atoms with van der Waals surface area (Å²) in [5.74, 6) is -0.736. The van der Waals surface area contributed by atoms with E-state index in [1.54, 1.807) is 0 Å². The Hall–Kier alpha value is -0.880. The lowest BCUT2D eigenvalue weighted by Crippen LogP contribution is -2.10. The number of thioether (sulfide) groups is 1. The molecule has 0 atom stereocenters. The molecule has 1 aromatic rings. The number of hydrogen-bond donors (Lipinski definition) is 1. The fourth-order valence-corrected chi connectivity index (χ4v) is 1.70. The highest BCUT2D eigenvalue weighted by molar-refractivity contribution is 8.00. The van der Waals surface area contributed by atoms with Gasteiger partial charge in [0.2, 0.25) is 5.91 Å². The second-order valence-electron chi connectivity index (χ2n) is 2.56. The van der Waals surface area contributed by atoms with E-state index in [-0.39, 0.29) is 27.2 Å². The van der Waals surface area contributed by atoms with Crippen molar-refractivity contribution in [1.82, 2.24) is 0 Å². The predicted octanol–water partition coefficient (Wildman–Crippen LogP) is 3.05. The molecule has 0 aromatic heterocycles. The van der Waals surface area contributed by atoms with Gasteiger partial charge in [-0.15, -0.1) is 0 Å². The molecule has 0 aliphatic heterocycles. The maximum Gasteiger partial charge on any atom is 0.446 e. The maximum atomic E-state index is 12.0. The molecule has 0 heterocycles. The molecule has 0 bridgehead atoms. The van der Waals surface area contributed by atoms with Crippen molar-refractivity contribution in [1.29, 1.82) is 0 Å². The van der Waals surface area contributed by atoms with Crippen LogP contribution in [0.1, 0.15) is 10.4 Å². The first-order chi connectivity index (χ1) is 6.79. The summed E-state index contributed by atoms with van der Waals surface area (Å²) in [6.45, 7) is 0. The van der Waals surface area contributed by atoms with Gasteiger partial charge in [0.05, 0.1) is 5.02 Å². The van der Waals surface area contributed by atoms with Gasteiger partial charge in [0.25, 0.3) is 0 Å². The van der Waals surface area contributed by atoms with Crippen LogP contribution in [0.25, 0.3) is 0 Å². The minimum Gasteiger partial charge on any atom is -0.366 e. The number of hydrogen-bond acceptors (Lipinski definition) is 2. The zero-order valence-corrected chi connectivity index (χ0v) is 8.71. The van der Waals surface area contributed by atoms with Crippen LogP contribution < -0.4 is 5.73 Å². The fraction of sp³-hybridized carbons (Fsp3) is 0.125. The second kappa shape index (κ2) is 4.32. The van der Waals surface area contributed by atoms with Crippen LogP contribution in [0.3, 0.4) is 0 Å². The molecular weight excluding hydrogens is 251 g/mol. The quantitative estimate of drug-likeness (QED) is 0.826. The van der Waals surface area contributed by atoms with E-state index >= 15 is 0 Å². The van der Waals surface area contributed by atoms with Crippen LogP contribution in [0.2, 0.25) is 5.02 Å². The van der Waals surface area contributed by atoms with Crippen LogP contribution in [-0.2, 0) is 0 Å². The Labute approximate surface area is 92.6 Å². The van der Waals surface area contributed by atoms with Crippen LogP contribution in [-0.4, -0.2) is 11.4 Å². The molecule has 0 unspecified atom stereocenters. The van der Waals surface area contributed by atoms with E-state index < -0.39 is 11.4 Å². The minimum absolute atomic E-state index is 0.0755. The molecule has 1 aromatic carbocycles. The zero-order valence-electron chi connectivity index (χ0n) is 7.14. The first-order valence-corrected chi connectivity index (χ1v) is 4.84. The van der Waals surface area contributed by atoms with E-state index in [1.165, 1.54) is 6.07 Å². The molecule has 2 nitrogen and oxygen atoms in total. The zero-order chi connectivity index (χ0) is 11.6. The van der Waals surface area contributed by atoms with Gasteiger partial charge in [-0.25, -0.2) is 0 Å². The summed E-state index contributed by atoms with van der Waals surface area (Å²) >= 11 is 5.21. The van der Waals surface area contributed by atoms with Crippen molar-refractivity contribution in [2.45, 2.75) is 10.4 Å². The average Bonchev–Trinajstić information content (AvgIpc) is 2.05. The van der Waals surface area contributed by atoms with E-state index in [4.69, 9.17) is 17.3 Å². The van der Waals surface area contributed by atoms with Gasteiger partial charge in [0, 0.05) is 10.5 Å². The predicted molar refractivity (Wildman–Crippen MR) is 51.9 cm³/mol. The molecule has 0 saturated carbocycles. The molecule has 0 aliphatic carbocycles. The Morgan fingerprint density at radius 2 is 2.00 bits per heavy atom. The minimum atomic E-state index is -4.40. The van der Waals surface area contributed by atoms with E-state index in [0.717, 1.165) is 12.1 Å². The van der Waals surface area contributed by atoms with Gasteiger partial charge in [0.1, 0.15) is 0 Å². The number of benzene rings is 1. The molecule has 15 heavy (non-hydrogen) atoms. The average molecular weight is 256 g/mol. The van der Waals surface area contributed by atoms with E-state index in [2.05, 4.69) is 0 Å². The van der Waals surface area contributed by atoms with Crippen LogP contribution in [0.5, 0.6) is 0 Å².